The Hall–Kier alpha value is -3.54. The summed E-state index contributed by atoms with van der Waals surface area (Å²) in [6.07, 6.45) is 3.11. The summed E-state index contributed by atoms with van der Waals surface area (Å²) in [7, 11) is 0. The lowest BCUT2D eigenvalue weighted by molar-refractivity contribution is -0.142. The Balaban J connectivity index is 0.000000171. The zero-order chi connectivity index (χ0) is 21.5. The Morgan fingerprint density at radius 3 is 2.27 bits per heavy atom. The molecule has 0 saturated heterocycles. The lowest BCUT2D eigenvalue weighted by Crippen LogP contribution is -2.06. The lowest BCUT2D eigenvalue weighted by atomic mass is 10.1. The highest BCUT2D eigenvalue weighted by Gasteiger charge is 2.12. The Morgan fingerprint density at radius 1 is 0.933 bits per heavy atom. The van der Waals surface area contributed by atoms with Crippen molar-refractivity contribution in [3.63, 3.8) is 0 Å². The molecule has 0 aliphatic rings. The quantitative estimate of drug-likeness (QED) is 0.407. The summed E-state index contributed by atoms with van der Waals surface area (Å²) >= 11 is 0. The number of rotatable bonds is 6. The van der Waals surface area contributed by atoms with Gasteiger partial charge in [-0.15, -0.1) is 0 Å². The van der Waals surface area contributed by atoms with Crippen LogP contribution in [0.2, 0.25) is 0 Å². The number of nitrogens with one attached hydrogen (secondary N) is 2. The zero-order valence-corrected chi connectivity index (χ0v) is 17.2. The van der Waals surface area contributed by atoms with Gasteiger partial charge in [0.1, 0.15) is 0 Å². The fourth-order valence-electron chi connectivity index (χ4n) is 3.56. The summed E-state index contributed by atoms with van der Waals surface area (Å²) in [5, 5.41) is 11.0. The van der Waals surface area contributed by atoms with Gasteiger partial charge < -0.3 is 19.8 Å². The lowest BCUT2D eigenvalue weighted by Gasteiger charge is -2.00. The number of esters is 1. The first-order valence-corrected chi connectivity index (χ1v) is 10.0. The number of carbonyl (C=O) groups is 2. The van der Waals surface area contributed by atoms with Crippen molar-refractivity contribution in [3.05, 3.63) is 71.5 Å². The number of hydrogen-bond acceptors (Lipinski definition) is 3. The molecule has 0 aliphatic carbocycles. The highest BCUT2D eigenvalue weighted by atomic mass is 16.5. The molecule has 0 amide bonds. The number of aliphatic carboxylic acids is 1. The maximum Gasteiger partial charge on any atom is 0.310 e. The van der Waals surface area contributed by atoms with Gasteiger partial charge in [-0.1, -0.05) is 43.3 Å². The number of H-pyrrole nitrogens is 2. The smallest absolute Gasteiger partial charge is 0.310 e. The molecule has 0 saturated carbocycles. The molecular weight excluding hydrogens is 380 g/mol. The van der Waals surface area contributed by atoms with Crippen LogP contribution in [0, 0.1) is 0 Å². The predicted octanol–water partition coefficient (Wildman–Crippen LogP) is 4.63. The van der Waals surface area contributed by atoms with Gasteiger partial charge >= 0.3 is 11.9 Å². The molecule has 0 spiro atoms. The zero-order valence-electron chi connectivity index (χ0n) is 17.2. The summed E-state index contributed by atoms with van der Waals surface area (Å²) in [6, 6.07) is 15.7. The predicted molar refractivity (Wildman–Crippen MR) is 118 cm³/mol. The number of carboxylic acids is 1. The number of carboxylic acid groups (broad SMARTS) is 1. The third-order valence-electron chi connectivity index (χ3n) is 4.90. The van der Waals surface area contributed by atoms with E-state index in [1.165, 1.54) is 0 Å². The number of ether oxygens (including phenoxy) is 1. The highest BCUT2D eigenvalue weighted by Crippen LogP contribution is 2.23. The van der Waals surface area contributed by atoms with Crippen LogP contribution in [0.15, 0.2) is 54.7 Å². The molecule has 0 aliphatic heterocycles. The molecule has 156 valence electrons. The molecule has 0 radical (unpaired) electrons. The summed E-state index contributed by atoms with van der Waals surface area (Å²) in [5.74, 6) is -0.961. The first-order valence-electron chi connectivity index (χ1n) is 10.0. The Labute approximate surface area is 174 Å². The molecule has 0 fully saturated rings. The summed E-state index contributed by atoms with van der Waals surface area (Å²) < 4.78 is 4.91. The largest absolute Gasteiger partial charge is 0.481 e. The van der Waals surface area contributed by atoms with Gasteiger partial charge in [-0.2, -0.15) is 0 Å². The van der Waals surface area contributed by atoms with Gasteiger partial charge in [-0.05, 0) is 36.6 Å². The molecular formula is C24H26N2O4. The summed E-state index contributed by atoms with van der Waals surface area (Å²) in [4.78, 5) is 28.5. The average molecular weight is 406 g/mol. The van der Waals surface area contributed by atoms with E-state index in [2.05, 4.69) is 9.97 Å². The van der Waals surface area contributed by atoms with Crippen LogP contribution < -0.4 is 0 Å². The molecule has 0 atom stereocenters. The molecule has 2 aromatic heterocycles. The summed E-state index contributed by atoms with van der Waals surface area (Å²) in [6.45, 7) is 4.27. The van der Waals surface area contributed by atoms with E-state index in [-0.39, 0.29) is 12.4 Å². The van der Waals surface area contributed by atoms with Gasteiger partial charge in [0.2, 0.25) is 0 Å². The highest BCUT2D eigenvalue weighted by molar-refractivity contribution is 5.88. The molecule has 6 heteroatoms. The van der Waals surface area contributed by atoms with Crippen molar-refractivity contribution in [1.29, 1.82) is 0 Å². The maximum atomic E-state index is 11.3. The molecule has 6 nitrogen and oxygen atoms in total. The molecule has 4 rings (SSSR count). The number of para-hydroxylation sites is 2. The van der Waals surface area contributed by atoms with Crippen molar-refractivity contribution in [2.24, 2.45) is 0 Å². The first kappa shape index (κ1) is 21.2. The molecule has 2 aromatic carbocycles. The number of carbonyl (C=O) groups excluding carboxylic acids is 1. The average Bonchev–Trinajstić information content (AvgIpc) is 3.30. The van der Waals surface area contributed by atoms with Crippen LogP contribution in [0.4, 0.5) is 0 Å². The molecule has 3 N–H and O–H groups in total. The topological polar surface area (TPSA) is 95.2 Å². The minimum absolute atomic E-state index is 0.0905. The Bertz CT molecular complexity index is 1160. The second-order valence-electron chi connectivity index (χ2n) is 6.89. The molecule has 4 aromatic rings. The van der Waals surface area contributed by atoms with Crippen molar-refractivity contribution in [2.45, 2.75) is 33.1 Å². The number of fused-ring (bicyclic) bond motifs is 2. The van der Waals surface area contributed by atoms with Crippen molar-refractivity contribution in [3.8, 4) is 0 Å². The van der Waals surface area contributed by atoms with Crippen LogP contribution in [0.1, 0.15) is 30.7 Å². The minimum Gasteiger partial charge on any atom is -0.481 e. The minimum atomic E-state index is -0.783. The molecule has 0 bridgehead atoms. The standard InChI is InChI=1S/2C12H13NO2/c1-2-15-12(14)7-9-8-13-11-6-4-3-5-10(9)11;1-2-10-9(7-12(14)15)8-5-3-4-6-11(8)13-10/h3-6,8,13H,2,7H2,1H3;3-6,13H,2,7H2,1H3,(H,14,15). The van der Waals surface area contributed by atoms with Crippen LogP contribution in [-0.2, 0) is 33.6 Å². The van der Waals surface area contributed by atoms with E-state index in [4.69, 9.17) is 9.84 Å². The normalized spacial score (nSPS) is 10.6. The van der Waals surface area contributed by atoms with Crippen LogP contribution in [0.5, 0.6) is 0 Å². The Morgan fingerprint density at radius 2 is 1.60 bits per heavy atom. The van der Waals surface area contributed by atoms with E-state index >= 15 is 0 Å². The third-order valence-corrected chi connectivity index (χ3v) is 4.90. The van der Waals surface area contributed by atoms with E-state index in [9.17, 15) is 9.59 Å². The molecule has 30 heavy (non-hydrogen) atoms. The number of aromatic nitrogens is 2. The van der Waals surface area contributed by atoms with Crippen LogP contribution in [0.3, 0.4) is 0 Å². The van der Waals surface area contributed by atoms with Gasteiger partial charge in [-0.3, -0.25) is 9.59 Å². The fourth-order valence-corrected chi connectivity index (χ4v) is 3.56. The fraction of sp³-hybridized carbons (Fsp3) is 0.250. The van der Waals surface area contributed by atoms with E-state index in [1.807, 2.05) is 68.6 Å². The van der Waals surface area contributed by atoms with Crippen LogP contribution >= 0.6 is 0 Å². The molecule has 2 heterocycles. The first-order chi connectivity index (χ1) is 14.5. The van der Waals surface area contributed by atoms with Gasteiger partial charge in [-0.25, -0.2) is 0 Å². The van der Waals surface area contributed by atoms with E-state index in [0.29, 0.717) is 13.0 Å². The van der Waals surface area contributed by atoms with E-state index < -0.39 is 5.97 Å². The van der Waals surface area contributed by atoms with Crippen molar-refractivity contribution >= 4 is 33.7 Å². The van der Waals surface area contributed by atoms with E-state index in [0.717, 1.165) is 45.0 Å². The number of aromatic amines is 2. The number of hydrogen-bond donors (Lipinski definition) is 3. The number of aryl methyl sites for hydroxylation is 1. The van der Waals surface area contributed by atoms with Gasteiger partial charge in [0, 0.05) is 33.7 Å². The van der Waals surface area contributed by atoms with E-state index in [1.54, 1.807) is 0 Å². The van der Waals surface area contributed by atoms with Gasteiger partial charge in [0.15, 0.2) is 0 Å². The van der Waals surface area contributed by atoms with Crippen molar-refractivity contribution < 1.29 is 19.4 Å². The Kier molecular flexibility index (Phi) is 6.91. The number of benzene rings is 2. The van der Waals surface area contributed by atoms with Crippen molar-refractivity contribution in [2.75, 3.05) is 6.61 Å². The second kappa shape index (κ2) is 9.78. The third kappa shape index (κ3) is 4.89. The van der Waals surface area contributed by atoms with Gasteiger partial charge in [0.25, 0.3) is 0 Å². The second-order valence-corrected chi connectivity index (χ2v) is 6.89. The summed E-state index contributed by atoms with van der Waals surface area (Å²) in [5.41, 5.74) is 5.01. The van der Waals surface area contributed by atoms with Crippen molar-refractivity contribution in [1.82, 2.24) is 9.97 Å². The van der Waals surface area contributed by atoms with Gasteiger partial charge in [0.05, 0.1) is 19.4 Å². The maximum absolute atomic E-state index is 11.3. The van der Waals surface area contributed by atoms with Crippen LogP contribution in [-0.4, -0.2) is 33.6 Å². The SMILES string of the molecule is CCOC(=O)Cc1c[nH]c2ccccc12.CCc1[nH]c2ccccc2c1CC(=O)O. The molecule has 0 unspecified atom stereocenters. The van der Waals surface area contributed by atoms with Crippen LogP contribution in [0.25, 0.3) is 21.8 Å². The monoisotopic (exact) mass is 406 g/mol.